The summed E-state index contributed by atoms with van der Waals surface area (Å²) >= 11 is 17.4. The van der Waals surface area contributed by atoms with E-state index in [-0.39, 0.29) is 87.7 Å². The number of ether oxygens (including phenoxy) is 11. The summed E-state index contributed by atoms with van der Waals surface area (Å²) in [6, 6.07) is 4.79. The number of phenols is 2. The number of alkyl halides is 3. The Morgan fingerprint density at radius 2 is 1.09 bits per heavy atom. The van der Waals surface area contributed by atoms with Crippen molar-refractivity contribution in [1.82, 2.24) is 24.9 Å². The number of hydrogen-bond donors (Lipinski definition) is 4. The molecule has 2 unspecified atom stereocenters. The van der Waals surface area contributed by atoms with Crippen molar-refractivity contribution in [3.8, 4) is 69.6 Å². The van der Waals surface area contributed by atoms with E-state index in [1.54, 1.807) is 14.0 Å². The van der Waals surface area contributed by atoms with Gasteiger partial charge in [-0.05, 0) is 89.7 Å². The van der Waals surface area contributed by atoms with Gasteiger partial charge in [0.2, 0.25) is 17.4 Å². The van der Waals surface area contributed by atoms with E-state index < -0.39 is 65.1 Å². The smallest absolute Gasteiger partial charge is 0.504 e. The molecule has 0 aliphatic carbocycles. The lowest BCUT2D eigenvalue weighted by Gasteiger charge is -2.60. The van der Waals surface area contributed by atoms with Crippen LogP contribution in [-0.4, -0.2) is 163 Å². The summed E-state index contributed by atoms with van der Waals surface area (Å²) < 4.78 is 60.2. The minimum atomic E-state index is -1.83. The molecule has 0 saturated carbocycles. The Labute approximate surface area is 534 Å². The zero-order valence-electron chi connectivity index (χ0n) is 50.8. The van der Waals surface area contributed by atoms with Gasteiger partial charge in [0.25, 0.3) is 0 Å². The maximum Gasteiger partial charge on any atom is 0.514 e. The Balaban J connectivity index is 0.000000188. The van der Waals surface area contributed by atoms with E-state index >= 15 is 0 Å². The lowest BCUT2D eigenvalue weighted by molar-refractivity contribution is -0.0723. The Morgan fingerprint density at radius 1 is 0.667 bits per heavy atom. The SMILES string of the molecule is C=CCOC(=O)Oc1c(C)c2c(c3c1CC1[C@H]4c5c(cc(C)c(OC)c5O)C[C@@H]([C@H](C#N)N1[C@H]3CN)N4C)OCO2.C=CCOC(=O)Oc1c(C)c2c(c3c1CC1[C@H]4c5c(cc(C)c(OC)c5O)C[C@@H]([C@H](C#N)N1[C@H]3CNC(=O)OCC(Cl)(Cl)Cl)N4C)OCO2. The van der Waals surface area contributed by atoms with Crippen molar-refractivity contribution in [2.24, 2.45) is 5.73 Å². The first-order valence-corrected chi connectivity index (χ1v) is 30.3. The second-order valence-corrected chi connectivity index (χ2v) is 25.7. The van der Waals surface area contributed by atoms with Crippen molar-refractivity contribution < 1.29 is 76.7 Å². The van der Waals surface area contributed by atoms with Crippen molar-refractivity contribution in [3.05, 3.63) is 104 Å². The quantitative estimate of drug-likeness (QED) is 0.0340. The van der Waals surface area contributed by atoms with Crippen molar-refractivity contribution in [1.29, 1.82) is 10.5 Å². The molecular formula is C63H69Cl3N8O16. The van der Waals surface area contributed by atoms with Crippen molar-refractivity contribution in [2.75, 3.05) is 74.8 Å². The van der Waals surface area contributed by atoms with Crippen LogP contribution in [-0.2, 0) is 39.9 Å². The third-order valence-corrected chi connectivity index (χ3v) is 18.9. The molecule has 8 aliphatic heterocycles. The van der Waals surface area contributed by atoms with Crippen LogP contribution in [0.2, 0.25) is 0 Å². The molecule has 2 fully saturated rings. The largest absolute Gasteiger partial charge is 0.514 e. The molecule has 4 bridgehead atoms. The number of alkyl carbamates (subject to hydrolysis) is 1. The van der Waals surface area contributed by atoms with Gasteiger partial charge in [-0.15, -0.1) is 0 Å². The second-order valence-electron chi connectivity index (χ2n) is 23.2. The summed E-state index contributed by atoms with van der Waals surface area (Å²) in [6.45, 7) is 13.9. The number of fused-ring (bicyclic) bond motifs is 18. The molecule has 24 nitrogen and oxygen atoms in total. The first-order valence-electron chi connectivity index (χ1n) is 29.1. The molecule has 1 amide bonds. The van der Waals surface area contributed by atoms with Gasteiger partial charge in [0.1, 0.15) is 43.4 Å². The van der Waals surface area contributed by atoms with Crippen LogP contribution in [0.1, 0.15) is 90.9 Å². The molecule has 12 rings (SSSR count). The van der Waals surface area contributed by atoms with Crippen LogP contribution in [0.5, 0.6) is 57.5 Å². The summed E-state index contributed by atoms with van der Waals surface area (Å²) in [5.74, 6) is 3.26. The summed E-state index contributed by atoms with van der Waals surface area (Å²) in [5.41, 5.74) is 15.2. The summed E-state index contributed by atoms with van der Waals surface area (Å²) in [4.78, 5) is 47.0. The highest BCUT2D eigenvalue weighted by molar-refractivity contribution is 6.67. The van der Waals surface area contributed by atoms with E-state index in [1.165, 1.54) is 19.3 Å². The van der Waals surface area contributed by atoms with Gasteiger partial charge in [-0.25, -0.2) is 14.4 Å². The lowest BCUT2D eigenvalue weighted by Crippen LogP contribution is -2.68. The minimum absolute atomic E-state index is 0.00185. The number of amides is 1. The number of nitrogens with two attached hydrogens (primary N) is 1. The molecule has 478 valence electrons. The molecule has 10 atom stereocenters. The number of phenolic OH excluding ortho intramolecular Hbond substituents is 2. The topological polar surface area (TPSA) is 292 Å². The lowest BCUT2D eigenvalue weighted by atomic mass is 9.71. The van der Waals surface area contributed by atoms with E-state index in [0.717, 1.165) is 38.9 Å². The van der Waals surface area contributed by atoms with Crippen LogP contribution in [0.3, 0.4) is 0 Å². The molecular weight excluding hydrogens is 1230 g/mol. The molecule has 4 aromatic carbocycles. The Hall–Kier alpha value is -7.78. The standard InChI is InChI=1S/C33H35Cl3N4O9.C30H34N4O7/c1-6-7-45-32(43)49-28-16(3)29-30(48-14-47-29)24-18(28)10-20-25-23-17(8-15(2)27(44-5)26(23)41)9-19(39(25)4)21(11-37)40(20)22(24)12-38-31(42)46-13-33(34,35)36;1-6-7-38-30(36)41-27-15(3)28-29(40-13-39-28)23-17(27)10-19-24-22-16(8-14(2)26(37-5)25(22)35)9-18(33(24)4)20(11-31)34(19)21(23)12-32/h6,8,19-22,25,41H,1,7,9-10,12-14H2,2-5H3,(H,38,42);6,8,18-21,24,35H,1,7,9-10,12-13,32H2,2-5H3/t19-,20?,21-,22-,25-;18-,19?,20-,21-,24-/m00/s1. The van der Waals surface area contributed by atoms with Gasteiger partial charge in [-0.3, -0.25) is 19.6 Å². The molecule has 27 heteroatoms. The summed E-state index contributed by atoms with van der Waals surface area (Å²) in [6.07, 6.45) is 1.91. The number of hydrogen-bond acceptors (Lipinski definition) is 23. The average molecular weight is 1300 g/mol. The van der Waals surface area contributed by atoms with E-state index in [2.05, 4.69) is 51.4 Å². The average Bonchev–Trinajstić information content (AvgIpc) is 1.32. The van der Waals surface area contributed by atoms with Gasteiger partial charge in [0.15, 0.2) is 46.0 Å². The maximum absolute atomic E-state index is 12.9. The van der Waals surface area contributed by atoms with Gasteiger partial charge in [-0.2, -0.15) is 10.5 Å². The van der Waals surface area contributed by atoms with Gasteiger partial charge in [0.05, 0.1) is 50.5 Å². The third-order valence-electron chi connectivity index (χ3n) is 18.6. The highest BCUT2D eigenvalue weighted by Crippen LogP contribution is 2.61. The fourth-order valence-electron chi connectivity index (χ4n) is 15.2. The molecule has 8 aliphatic rings. The van der Waals surface area contributed by atoms with Crippen molar-refractivity contribution in [3.63, 3.8) is 0 Å². The Kier molecular flexibility index (Phi) is 17.8. The molecule has 0 radical (unpaired) electrons. The van der Waals surface area contributed by atoms with E-state index in [0.29, 0.717) is 87.3 Å². The fraction of sp³-hybridized carbons (Fsp3) is 0.476. The molecule has 90 heavy (non-hydrogen) atoms. The minimum Gasteiger partial charge on any atom is -0.504 e. The number of halogens is 3. The predicted octanol–water partition coefficient (Wildman–Crippen LogP) is 8.49. The van der Waals surface area contributed by atoms with Crippen LogP contribution in [0.4, 0.5) is 14.4 Å². The molecule has 0 aromatic heterocycles. The number of nitrogens with one attached hydrogen (secondary N) is 1. The summed E-state index contributed by atoms with van der Waals surface area (Å²) in [5, 5.41) is 47.3. The number of rotatable bonds is 12. The monoisotopic (exact) mass is 1300 g/mol. The number of likely N-dealkylation sites (N-methyl/N-ethyl adjacent to an activating group) is 2. The number of piperazine rings is 2. The van der Waals surface area contributed by atoms with E-state index in [4.69, 9.17) is 92.6 Å². The van der Waals surface area contributed by atoms with Crippen molar-refractivity contribution in [2.45, 2.75) is 118 Å². The molecule has 2 saturated heterocycles. The van der Waals surface area contributed by atoms with Crippen LogP contribution < -0.4 is 48.9 Å². The van der Waals surface area contributed by atoms with Crippen LogP contribution >= 0.6 is 34.8 Å². The Morgan fingerprint density at radius 3 is 1.49 bits per heavy atom. The first-order chi connectivity index (χ1) is 43.1. The number of methoxy groups -OCH3 is 2. The number of nitriles is 2. The van der Waals surface area contributed by atoms with Gasteiger partial charge in [0, 0.05) is 81.8 Å². The van der Waals surface area contributed by atoms with Gasteiger partial charge >= 0.3 is 18.4 Å². The highest BCUT2D eigenvalue weighted by atomic mass is 35.6. The van der Waals surface area contributed by atoms with Crippen molar-refractivity contribution >= 4 is 53.2 Å². The molecule has 0 spiro atoms. The predicted molar refractivity (Wildman–Crippen MR) is 325 cm³/mol. The van der Waals surface area contributed by atoms with E-state index in [9.17, 15) is 35.1 Å². The highest BCUT2D eigenvalue weighted by Gasteiger charge is 2.59. The number of nitrogens with zero attached hydrogens (tertiary/aromatic N) is 6. The third kappa shape index (κ3) is 10.7. The Bertz CT molecular complexity index is 3700. The van der Waals surface area contributed by atoms with Crippen LogP contribution in [0, 0.1) is 50.4 Å². The maximum atomic E-state index is 12.9. The normalized spacial score (nSPS) is 24.6. The first kappa shape index (κ1) is 63.8. The molecule has 4 aromatic rings. The van der Waals surface area contributed by atoms with E-state index in [1.807, 2.05) is 45.8 Å². The molecule has 5 N–H and O–H groups in total. The van der Waals surface area contributed by atoms with Crippen LogP contribution in [0.15, 0.2) is 37.4 Å². The second kappa shape index (κ2) is 25.1. The number of aromatic hydroxyl groups is 2. The zero-order chi connectivity index (χ0) is 64.5. The fourth-order valence-corrected chi connectivity index (χ4v) is 15.4. The zero-order valence-corrected chi connectivity index (χ0v) is 53.0. The number of carbonyl (C=O) groups excluding carboxylic acids is 3. The van der Waals surface area contributed by atoms with Crippen LogP contribution in [0.25, 0.3) is 0 Å². The number of carbonyl (C=O) groups is 3. The van der Waals surface area contributed by atoms with Gasteiger partial charge in [-0.1, -0.05) is 72.2 Å². The molecule has 8 heterocycles. The number of benzene rings is 4. The van der Waals surface area contributed by atoms with Gasteiger partial charge < -0.3 is 73.4 Å². The summed E-state index contributed by atoms with van der Waals surface area (Å²) in [7, 11) is 6.97. The number of aryl methyl sites for hydroxylation is 2.